The topological polar surface area (TPSA) is 73.9 Å². The van der Waals surface area contributed by atoms with Crippen molar-refractivity contribution in [3.8, 4) is 5.75 Å². The molecule has 1 aromatic carbocycles. The molecule has 23 heavy (non-hydrogen) atoms. The minimum atomic E-state index is -0.694. The van der Waals surface area contributed by atoms with E-state index in [0.29, 0.717) is 0 Å². The number of esters is 1. The fraction of sp³-hybridized carbons (Fsp3) is 0.467. The molecule has 1 aromatic rings. The van der Waals surface area contributed by atoms with E-state index in [0.717, 1.165) is 0 Å². The van der Waals surface area contributed by atoms with Crippen LogP contribution in [-0.2, 0) is 9.47 Å². The first-order valence-corrected chi connectivity index (χ1v) is 7.57. The maximum absolute atomic E-state index is 12.1. The molecule has 0 radical (unpaired) electrons. The van der Waals surface area contributed by atoms with Crippen LogP contribution in [-0.4, -0.2) is 37.9 Å². The number of ether oxygens (including phenoxy) is 3. The number of nitrogens with one attached hydrogen (secondary N) is 1. The van der Waals surface area contributed by atoms with Crippen LogP contribution >= 0.6 is 23.2 Å². The lowest BCUT2D eigenvalue weighted by atomic mass is 10.2. The summed E-state index contributed by atoms with van der Waals surface area (Å²) in [7, 11) is 1.37. The molecular formula is C15H19Cl2NO5. The highest BCUT2D eigenvalue weighted by molar-refractivity contribution is 6.37. The van der Waals surface area contributed by atoms with Gasteiger partial charge in [-0.3, -0.25) is 0 Å². The molecule has 0 aliphatic rings. The first kappa shape index (κ1) is 19.4. The van der Waals surface area contributed by atoms with Gasteiger partial charge in [0.1, 0.15) is 17.8 Å². The van der Waals surface area contributed by atoms with Gasteiger partial charge in [0.05, 0.1) is 23.7 Å². The maximum Gasteiger partial charge on any atom is 0.407 e. The number of methoxy groups -OCH3 is 1. The lowest BCUT2D eigenvalue weighted by Gasteiger charge is -2.19. The van der Waals surface area contributed by atoms with Gasteiger partial charge in [-0.2, -0.15) is 0 Å². The Balaban J connectivity index is 2.56. The molecule has 6 nitrogen and oxygen atoms in total. The van der Waals surface area contributed by atoms with Crippen molar-refractivity contribution in [1.29, 1.82) is 0 Å². The number of carbonyl (C=O) groups is 2. The molecule has 0 atom stereocenters. The number of hydrogen-bond acceptors (Lipinski definition) is 5. The Morgan fingerprint density at radius 3 is 2.35 bits per heavy atom. The third-order valence-corrected chi connectivity index (χ3v) is 3.08. The first-order chi connectivity index (χ1) is 10.7. The number of rotatable bonds is 5. The van der Waals surface area contributed by atoms with Crippen LogP contribution in [0.3, 0.4) is 0 Å². The summed E-state index contributed by atoms with van der Waals surface area (Å²) in [5.41, 5.74) is -0.554. The van der Waals surface area contributed by atoms with E-state index < -0.39 is 17.7 Å². The minimum absolute atomic E-state index is 0.0407. The standard InChI is InChI=1S/C15H19Cl2NO5/c1-15(2,3)23-14(20)18-7-8-22-13(19)11-9(16)5-6-10(17)12(11)21-4/h5-6H,7-8H2,1-4H3,(H,18,20). The van der Waals surface area contributed by atoms with Crippen molar-refractivity contribution >= 4 is 35.3 Å². The summed E-state index contributed by atoms with van der Waals surface area (Å²) in [5.74, 6) is -0.551. The molecule has 0 bridgehead atoms. The molecule has 0 unspecified atom stereocenters. The van der Waals surface area contributed by atoms with E-state index in [2.05, 4.69) is 5.32 Å². The first-order valence-electron chi connectivity index (χ1n) is 6.81. The maximum atomic E-state index is 12.1. The second kappa shape index (κ2) is 8.26. The summed E-state index contributed by atoms with van der Waals surface area (Å²) in [6.07, 6.45) is -0.591. The molecule has 0 aromatic heterocycles. The molecule has 0 saturated heterocycles. The van der Waals surface area contributed by atoms with E-state index in [1.165, 1.54) is 19.2 Å². The number of alkyl carbamates (subject to hydrolysis) is 1. The third-order valence-electron chi connectivity index (χ3n) is 2.47. The summed E-state index contributed by atoms with van der Waals surface area (Å²) in [5, 5.41) is 2.88. The van der Waals surface area contributed by atoms with Crippen molar-refractivity contribution in [3.05, 3.63) is 27.7 Å². The van der Waals surface area contributed by atoms with Gasteiger partial charge in [0.25, 0.3) is 0 Å². The van der Waals surface area contributed by atoms with Crippen LogP contribution in [0.1, 0.15) is 31.1 Å². The molecule has 0 heterocycles. The summed E-state index contributed by atoms with van der Waals surface area (Å²) >= 11 is 11.9. The number of benzene rings is 1. The minimum Gasteiger partial charge on any atom is -0.494 e. The molecule has 128 valence electrons. The molecule has 1 amide bonds. The van der Waals surface area contributed by atoms with Gasteiger partial charge in [-0.05, 0) is 32.9 Å². The summed E-state index contributed by atoms with van der Waals surface area (Å²) in [6, 6.07) is 2.99. The van der Waals surface area contributed by atoms with Gasteiger partial charge >= 0.3 is 12.1 Å². The Kier molecular flexibility index (Phi) is 6.97. The second-order valence-electron chi connectivity index (χ2n) is 5.50. The van der Waals surface area contributed by atoms with Crippen LogP contribution in [0.5, 0.6) is 5.75 Å². The van der Waals surface area contributed by atoms with Gasteiger partial charge < -0.3 is 19.5 Å². The third kappa shape index (κ3) is 6.15. The zero-order valence-electron chi connectivity index (χ0n) is 13.4. The Morgan fingerprint density at radius 1 is 1.17 bits per heavy atom. The lowest BCUT2D eigenvalue weighted by Crippen LogP contribution is -2.34. The molecule has 1 rings (SSSR count). The van der Waals surface area contributed by atoms with Gasteiger partial charge in [-0.1, -0.05) is 23.2 Å². The van der Waals surface area contributed by atoms with Crippen molar-refractivity contribution in [2.45, 2.75) is 26.4 Å². The van der Waals surface area contributed by atoms with E-state index in [-0.39, 0.29) is 34.5 Å². The van der Waals surface area contributed by atoms with Gasteiger partial charge in [-0.15, -0.1) is 0 Å². The summed E-state index contributed by atoms with van der Waals surface area (Å²) in [4.78, 5) is 23.5. The monoisotopic (exact) mass is 363 g/mol. The fourth-order valence-corrected chi connectivity index (χ4v) is 2.07. The highest BCUT2D eigenvalue weighted by Gasteiger charge is 2.21. The number of carbonyl (C=O) groups excluding carboxylic acids is 2. The highest BCUT2D eigenvalue weighted by Crippen LogP contribution is 2.34. The Labute approximate surface area is 145 Å². The zero-order chi connectivity index (χ0) is 17.6. The second-order valence-corrected chi connectivity index (χ2v) is 6.32. The van der Waals surface area contributed by atoms with E-state index in [1.807, 2.05) is 0 Å². The molecule has 0 saturated carbocycles. The number of amides is 1. The van der Waals surface area contributed by atoms with E-state index in [4.69, 9.17) is 37.4 Å². The molecule has 1 N–H and O–H groups in total. The van der Waals surface area contributed by atoms with Gasteiger partial charge in [0.15, 0.2) is 5.75 Å². The molecule has 0 aliphatic heterocycles. The predicted octanol–water partition coefficient (Wildman–Crippen LogP) is 3.68. The molecule has 0 fully saturated rings. The van der Waals surface area contributed by atoms with Crippen LogP contribution in [0.15, 0.2) is 12.1 Å². The van der Waals surface area contributed by atoms with Gasteiger partial charge in [0.2, 0.25) is 0 Å². The smallest absolute Gasteiger partial charge is 0.407 e. The number of halogens is 2. The van der Waals surface area contributed by atoms with Gasteiger partial charge in [-0.25, -0.2) is 9.59 Å². The summed E-state index contributed by atoms with van der Waals surface area (Å²) < 4.78 is 15.2. The van der Waals surface area contributed by atoms with Crippen molar-refractivity contribution in [1.82, 2.24) is 5.32 Å². The molecule has 0 aliphatic carbocycles. The number of hydrogen-bond donors (Lipinski definition) is 1. The molecule has 0 spiro atoms. The van der Waals surface area contributed by atoms with Crippen LogP contribution in [0, 0.1) is 0 Å². The normalized spacial score (nSPS) is 10.9. The average Bonchev–Trinajstić information content (AvgIpc) is 2.43. The average molecular weight is 364 g/mol. The van der Waals surface area contributed by atoms with Gasteiger partial charge in [0, 0.05) is 0 Å². The fourth-order valence-electron chi connectivity index (χ4n) is 1.61. The van der Waals surface area contributed by atoms with Crippen LogP contribution in [0.2, 0.25) is 10.0 Å². The van der Waals surface area contributed by atoms with Crippen molar-refractivity contribution in [3.63, 3.8) is 0 Å². The van der Waals surface area contributed by atoms with Crippen molar-refractivity contribution in [2.24, 2.45) is 0 Å². The predicted molar refractivity (Wildman–Crippen MR) is 87.5 cm³/mol. The van der Waals surface area contributed by atoms with Crippen LogP contribution in [0.4, 0.5) is 4.79 Å². The van der Waals surface area contributed by atoms with E-state index in [9.17, 15) is 9.59 Å². The Bertz CT molecular complexity index is 584. The van der Waals surface area contributed by atoms with E-state index in [1.54, 1.807) is 20.8 Å². The largest absolute Gasteiger partial charge is 0.494 e. The van der Waals surface area contributed by atoms with Crippen LogP contribution in [0.25, 0.3) is 0 Å². The zero-order valence-corrected chi connectivity index (χ0v) is 14.9. The molecule has 8 heteroatoms. The summed E-state index contributed by atoms with van der Waals surface area (Å²) in [6.45, 7) is 5.30. The Morgan fingerprint density at radius 2 is 1.78 bits per heavy atom. The SMILES string of the molecule is COc1c(Cl)ccc(Cl)c1C(=O)OCCNC(=O)OC(C)(C)C. The molecular weight excluding hydrogens is 345 g/mol. The quantitative estimate of drug-likeness (QED) is 0.637. The highest BCUT2D eigenvalue weighted by atomic mass is 35.5. The van der Waals surface area contributed by atoms with E-state index >= 15 is 0 Å². The van der Waals surface area contributed by atoms with Crippen LogP contribution < -0.4 is 10.1 Å². The van der Waals surface area contributed by atoms with Crippen molar-refractivity contribution in [2.75, 3.05) is 20.3 Å². The van der Waals surface area contributed by atoms with Crippen molar-refractivity contribution < 1.29 is 23.8 Å². The Hall–Kier alpha value is -1.66. The lowest BCUT2D eigenvalue weighted by molar-refractivity contribution is 0.0431.